The predicted octanol–water partition coefficient (Wildman–Crippen LogP) is 2.42. The van der Waals surface area contributed by atoms with Gasteiger partial charge in [-0.15, -0.1) is 0 Å². The van der Waals surface area contributed by atoms with Gasteiger partial charge in [0.1, 0.15) is 0 Å². The largest absolute Gasteiger partial charge is 0.349 e. The zero-order valence-electron chi connectivity index (χ0n) is 10.6. The highest BCUT2D eigenvalue weighted by Gasteiger charge is 2.16. The molecule has 0 aromatic heterocycles. The first kappa shape index (κ1) is 13.4. The molecule has 0 spiro atoms. The third kappa shape index (κ3) is 5.29. The zero-order chi connectivity index (χ0) is 12.9. The van der Waals surface area contributed by atoms with Crippen molar-refractivity contribution in [3.8, 4) is 0 Å². The van der Waals surface area contributed by atoms with E-state index in [-0.39, 0.29) is 23.7 Å². The Morgan fingerprint density at radius 3 is 2.24 bits per heavy atom. The second-order valence-corrected chi connectivity index (χ2v) is 5.30. The highest BCUT2D eigenvalue weighted by Crippen LogP contribution is 2.17. The zero-order valence-corrected chi connectivity index (χ0v) is 10.6. The lowest BCUT2D eigenvalue weighted by molar-refractivity contribution is -0.122. The number of ketones is 1. The Morgan fingerprint density at radius 2 is 1.71 bits per heavy atom. The van der Waals surface area contributed by atoms with Crippen molar-refractivity contribution in [1.82, 2.24) is 5.32 Å². The second kappa shape index (κ2) is 5.62. The summed E-state index contributed by atoms with van der Waals surface area (Å²) in [5, 5.41) is 2.65. The van der Waals surface area contributed by atoms with Crippen LogP contribution in [-0.4, -0.2) is 18.2 Å². The van der Waals surface area contributed by atoms with E-state index in [9.17, 15) is 9.59 Å². The summed E-state index contributed by atoms with van der Waals surface area (Å²) in [6, 6.07) is 8.97. The van der Waals surface area contributed by atoms with Gasteiger partial charge in [-0.3, -0.25) is 9.59 Å². The molecule has 92 valence electrons. The first-order valence-corrected chi connectivity index (χ1v) is 5.73. The van der Waals surface area contributed by atoms with Gasteiger partial charge in [0.15, 0.2) is 5.78 Å². The van der Waals surface area contributed by atoms with Crippen LogP contribution < -0.4 is 5.32 Å². The average molecular weight is 233 g/mol. The Morgan fingerprint density at radius 1 is 1.12 bits per heavy atom. The maximum Gasteiger partial charge on any atom is 0.220 e. The minimum Gasteiger partial charge on any atom is -0.349 e. The summed E-state index contributed by atoms with van der Waals surface area (Å²) in [5.74, 6) is -0.144. The minimum absolute atomic E-state index is 0.0557. The number of hydrogen-bond acceptors (Lipinski definition) is 2. The first-order chi connectivity index (χ1) is 7.88. The van der Waals surface area contributed by atoms with Gasteiger partial charge in [0.05, 0.1) is 6.54 Å². The molecule has 0 saturated heterocycles. The molecule has 17 heavy (non-hydrogen) atoms. The monoisotopic (exact) mass is 233 g/mol. The molecule has 0 saturated carbocycles. The van der Waals surface area contributed by atoms with Crippen LogP contribution in [0.1, 0.15) is 37.6 Å². The molecule has 0 radical (unpaired) electrons. The quantitative estimate of drug-likeness (QED) is 0.812. The summed E-state index contributed by atoms with van der Waals surface area (Å²) in [6.07, 6.45) is 0.426. The van der Waals surface area contributed by atoms with E-state index in [1.165, 1.54) is 0 Å². The van der Waals surface area contributed by atoms with Gasteiger partial charge in [-0.25, -0.2) is 0 Å². The van der Waals surface area contributed by atoms with Gasteiger partial charge in [-0.1, -0.05) is 51.1 Å². The van der Waals surface area contributed by atoms with Gasteiger partial charge in [0.25, 0.3) is 0 Å². The summed E-state index contributed by atoms with van der Waals surface area (Å²) >= 11 is 0. The Hall–Kier alpha value is -1.64. The van der Waals surface area contributed by atoms with E-state index in [1.54, 1.807) is 12.1 Å². The highest BCUT2D eigenvalue weighted by atomic mass is 16.2. The summed E-state index contributed by atoms with van der Waals surface area (Å²) in [7, 11) is 0. The Bertz CT molecular complexity index is 390. The van der Waals surface area contributed by atoms with Gasteiger partial charge in [-0.2, -0.15) is 0 Å². The van der Waals surface area contributed by atoms with Crippen LogP contribution in [0, 0.1) is 5.41 Å². The van der Waals surface area contributed by atoms with E-state index in [0.29, 0.717) is 12.0 Å². The lowest BCUT2D eigenvalue weighted by Gasteiger charge is -2.16. The van der Waals surface area contributed by atoms with Crippen LogP contribution in [0.15, 0.2) is 30.3 Å². The van der Waals surface area contributed by atoms with Crippen LogP contribution in [-0.2, 0) is 4.79 Å². The fourth-order valence-electron chi connectivity index (χ4n) is 1.45. The third-order valence-electron chi connectivity index (χ3n) is 2.23. The molecule has 1 amide bonds. The van der Waals surface area contributed by atoms with Gasteiger partial charge in [0, 0.05) is 12.0 Å². The van der Waals surface area contributed by atoms with Crippen molar-refractivity contribution < 1.29 is 9.59 Å². The first-order valence-electron chi connectivity index (χ1n) is 5.73. The SMILES string of the molecule is CC(C)(C)CC(=O)NCC(=O)c1ccccc1. The predicted molar refractivity (Wildman–Crippen MR) is 67.9 cm³/mol. The van der Waals surface area contributed by atoms with Crippen molar-refractivity contribution in [3.63, 3.8) is 0 Å². The highest BCUT2D eigenvalue weighted by molar-refractivity contribution is 5.99. The van der Waals surface area contributed by atoms with Gasteiger partial charge >= 0.3 is 0 Å². The molecule has 0 atom stereocenters. The number of amides is 1. The number of carbonyl (C=O) groups is 2. The molecule has 1 rings (SSSR count). The fraction of sp³-hybridized carbons (Fsp3) is 0.429. The smallest absolute Gasteiger partial charge is 0.220 e. The summed E-state index contributed by atoms with van der Waals surface area (Å²) < 4.78 is 0. The van der Waals surface area contributed by atoms with E-state index >= 15 is 0 Å². The van der Waals surface area contributed by atoms with Gasteiger partial charge < -0.3 is 5.32 Å². The molecule has 1 N–H and O–H groups in total. The van der Waals surface area contributed by atoms with Crippen LogP contribution in [0.3, 0.4) is 0 Å². The van der Waals surface area contributed by atoms with E-state index in [4.69, 9.17) is 0 Å². The van der Waals surface area contributed by atoms with Crippen LogP contribution >= 0.6 is 0 Å². The topological polar surface area (TPSA) is 46.2 Å². The molecule has 0 heterocycles. The average Bonchev–Trinajstić information content (AvgIpc) is 2.25. The molecule has 0 aliphatic carbocycles. The number of rotatable bonds is 4. The number of nitrogens with one attached hydrogen (secondary N) is 1. The van der Waals surface area contributed by atoms with Crippen LogP contribution in [0.5, 0.6) is 0 Å². The molecular weight excluding hydrogens is 214 g/mol. The molecule has 1 aromatic rings. The molecule has 0 aliphatic heterocycles. The minimum atomic E-state index is -0.0817. The summed E-state index contributed by atoms with van der Waals surface area (Å²) in [5.41, 5.74) is 0.573. The standard InChI is InChI=1S/C14H19NO2/c1-14(2,3)9-13(17)15-10-12(16)11-7-5-4-6-8-11/h4-8H,9-10H2,1-3H3,(H,15,17). The van der Waals surface area contributed by atoms with Crippen LogP contribution in [0.2, 0.25) is 0 Å². The molecule has 0 aliphatic rings. The number of Topliss-reactive ketones (excluding diaryl/α,β-unsaturated/α-hetero) is 1. The van der Waals surface area contributed by atoms with Crippen molar-refractivity contribution in [2.75, 3.05) is 6.54 Å². The molecule has 0 unspecified atom stereocenters. The van der Waals surface area contributed by atoms with Crippen molar-refractivity contribution >= 4 is 11.7 Å². The molecular formula is C14H19NO2. The van der Waals surface area contributed by atoms with Crippen molar-refractivity contribution in [3.05, 3.63) is 35.9 Å². The molecule has 0 fully saturated rings. The lowest BCUT2D eigenvalue weighted by atomic mass is 9.92. The number of benzene rings is 1. The van der Waals surface area contributed by atoms with Crippen molar-refractivity contribution in [1.29, 1.82) is 0 Å². The van der Waals surface area contributed by atoms with E-state index in [0.717, 1.165) is 0 Å². The number of hydrogen-bond donors (Lipinski definition) is 1. The van der Waals surface area contributed by atoms with Gasteiger partial charge in [-0.05, 0) is 5.41 Å². The third-order valence-corrected chi connectivity index (χ3v) is 2.23. The molecule has 3 nitrogen and oxygen atoms in total. The van der Waals surface area contributed by atoms with Crippen LogP contribution in [0.4, 0.5) is 0 Å². The molecule has 1 aromatic carbocycles. The summed E-state index contributed by atoms with van der Waals surface area (Å²) in [4.78, 5) is 23.2. The van der Waals surface area contributed by atoms with Crippen LogP contribution in [0.25, 0.3) is 0 Å². The maximum atomic E-state index is 11.7. The van der Waals surface area contributed by atoms with Crippen molar-refractivity contribution in [2.24, 2.45) is 5.41 Å². The summed E-state index contributed by atoms with van der Waals surface area (Å²) in [6.45, 7) is 6.04. The fourth-order valence-corrected chi connectivity index (χ4v) is 1.45. The molecule has 0 bridgehead atoms. The maximum absolute atomic E-state index is 11.7. The van der Waals surface area contributed by atoms with E-state index in [2.05, 4.69) is 5.32 Å². The van der Waals surface area contributed by atoms with Gasteiger partial charge in [0.2, 0.25) is 5.91 Å². The Balaban J connectivity index is 2.42. The van der Waals surface area contributed by atoms with E-state index in [1.807, 2.05) is 39.0 Å². The normalized spacial score (nSPS) is 11.0. The lowest BCUT2D eigenvalue weighted by Crippen LogP contribution is -2.32. The second-order valence-electron chi connectivity index (χ2n) is 5.30. The molecule has 3 heteroatoms. The number of carbonyl (C=O) groups excluding carboxylic acids is 2. The van der Waals surface area contributed by atoms with E-state index < -0.39 is 0 Å². The van der Waals surface area contributed by atoms with Crippen molar-refractivity contribution in [2.45, 2.75) is 27.2 Å². The Kier molecular flexibility index (Phi) is 4.44. The Labute approximate surface area is 102 Å².